The number of nitriles is 1. The number of hydrogen-bond donors (Lipinski definition) is 1. The Morgan fingerprint density at radius 3 is 2.61 bits per heavy atom. The van der Waals surface area contributed by atoms with Crippen molar-refractivity contribution < 1.29 is 4.79 Å². The van der Waals surface area contributed by atoms with Gasteiger partial charge >= 0.3 is 0 Å². The van der Waals surface area contributed by atoms with E-state index in [0.717, 1.165) is 32.4 Å². The van der Waals surface area contributed by atoms with Crippen LogP contribution < -0.4 is 5.32 Å². The van der Waals surface area contributed by atoms with Crippen molar-refractivity contribution in [1.29, 1.82) is 5.26 Å². The fourth-order valence-electron chi connectivity index (χ4n) is 2.06. The van der Waals surface area contributed by atoms with E-state index in [1.165, 1.54) is 0 Å². The predicted octanol–water partition coefficient (Wildman–Crippen LogP) is 1.62. The lowest BCUT2D eigenvalue weighted by molar-refractivity contribution is -0.123. The minimum atomic E-state index is -0.232. The second kappa shape index (κ2) is 7.01. The number of nitrogens with zero attached hydrogens (tertiary/aromatic N) is 2. The van der Waals surface area contributed by atoms with Crippen molar-refractivity contribution in [2.75, 3.05) is 25.9 Å². The third kappa shape index (κ3) is 4.18. The van der Waals surface area contributed by atoms with Crippen LogP contribution >= 0.6 is 11.8 Å². The highest BCUT2D eigenvalue weighted by atomic mass is 32.2. The molecule has 1 rings (SSSR count). The standard InChI is InChI=1S/C13H23N3OS/c1-4-11(2)15-12(17)9-16-7-5-13(10-14,18-3)6-8-16/h11H,4-9H2,1-3H3,(H,15,17). The molecule has 1 saturated heterocycles. The van der Waals surface area contributed by atoms with Crippen LogP contribution in [-0.4, -0.2) is 47.5 Å². The number of carbonyl (C=O) groups excluding carboxylic acids is 1. The van der Waals surface area contributed by atoms with Crippen LogP contribution in [0.5, 0.6) is 0 Å². The van der Waals surface area contributed by atoms with E-state index in [9.17, 15) is 10.1 Å². The molecule has 1 aliphatic rings. The van der Waals surface area contributed by atoms with Crippen LogP contribution in [0.25, 0.3) is 0 Å². The summed E-state index contributed by atoms with van der Waals surface area (Å²) in [6.45, 7) is 6.21. The second-order valence-electron chi connectivity index (χ2n) is 4.96. The molecule has 0 spiro atoms. The molecule has 0 aromatic heterocycles. The molecular formula is C13H23N3OS. The normalized spacial score (nSPS) is 21.0. The van der Waals surface area contributed by atoms with E-state index in [-0.39, 0.29) is 16.7 Å². The zero-order valence-electron chi connectivity index (χ0n) is 11.5. The van der Waals surface area contributed by atoms with Gasteiger partial charge in [0.25, 0.3) is 0 Å². The lowest BCUT2D eigenvalue weighted by Gasteiger charge is -2.35. The maximum atomic E-state index is 11.8. The number of piperidine rings is 1. The van der Waals surface area contributed by atoms with Crippen molar-refractivity contribution >= 4 is 17.7 Å². The average Bonchev–Trinajstić information content (AvgIpc) is 2.39. The smallest absolute Gasteiger partial charge is 0.234 e. The molecule has 0 saturated carbocycles. The van der Waals surface area contributed by atoms with Gasteiger partial charge in [-0.25, -0.2) is 0 Å². The number of hydrogen-bond acceptors (Lipinski definition) is 4. The van der Waals surface area contributed by atoms with Gasteiger partial charge in [0.05, 0.1) is 12.6 Å². The highest BCUT2D eigenvalue weighted by Gasteiger charge is 2.34. The molecule has 0 radical (unpaired) electrons. The molecule has 1 heterocycles. The molecule has 0 aromatic carbocycles. The Hall–Kier alpha value is -0.730. The molecule has 102 valence electrons. The highest BCUT2D eigenvalue weighted by Crippen LogP contribution is 2.33. The fraction of sp³-hybridized carbons (Fsp3) is 0.846. The summed E-state index contributed by atoms with van der Waals surface area (Å²) in [4.78, 5) is 13.9. The Morgan fingerprint density at radius 2 is 2.17 bits per heavy atom. The minimum absolute atomic E-state index is 0.0953. The van der Waals surface area contributed by atoms with E-state index in [1.807, 2.05) is 13.2 Å². The first-order chi connectivity index (χ1) is 8.55. The first-order valence-electron chi connectivity index (χ1n) is 6.53. The number of thioether (sulfide) groups is 1. The van der Waals surface area contributed by atoms with Gasteiger partial charge < -0.3 is 5.32 Å². The van der Waals surface area contributed by atoms with Gasteiger partial charge in [-0.3, -0.25) is 9.69 Å². The van der Waals surface area contributed by atoms with Crippen molar-refractivity contribution in [2.24, 2.45) is 0 Å². The van der Waals surface area contributed by atoms with E-state index in [0.29, 0.717) is 6.54 Å². The molecule has 1 N–H and O–H groups in total. The van der Waals surface area contributed by atoms with E-state index in [2.05, 4.69) is 23.2 Å². The Bertz CT molecular complexity index is 319. The zero-order valence-corrected chi connectivity index (χ0v) is 12.3. The van der Waals surface area contributed by atoms with Gasteiger partial charge in [0.1, 0.15) is 4.75 Å². The fourth-order valence-corrected chi connectivity index (χ4v) is 2.74. The number of nitrogens with one attached hydrogen (secondary N) is 1. The maximum Gasteiger partial charge on any atom is 0.234 e. The lowest BCUT2D eigenvalue weighted by atomic mass is 9.97. The van der Waals surface area contributed by atoms with Crippen LogP contribution in [0.3, 0.4) is 0 Å². The van der Waals surface area contributed by atoms with E-state index < -0.39 is 0 Å². The van der Waals surface area contributed by atoms with Gasteiger partial charge in [-0.1, -0.05) is 6.92 Å². The second-order valence-corrected chi connectivity index (χ2v) is 6.15. The van der Waals surface area contributed by atoms with Crippen molar-refractivity contribution in [2.45, 2.75) is 43.9 Å². The Morgan fingerprint density at radius 1 is 1.56 bits per heavy atom. The van der Waals surface area contributed by atoms with Crippen LogP contribution in [0.4, 0.5) is 0 Å². The summed E-state index contributed by atoms with van der Waals surface area (Å²) in [5, 5.41) is 12.2. The van der Waals surface area contributed by atoms with Gasteiger partial charge in [0.2, 0.25) is 5.91 Å². The van der Waals surface area contributed by atoms with Gasteiger partial charge in [-0.05, 0) is 32.4 Å². The SMILES string of the molecule is CCC(C)NC(=O)CN1CCC(C#N)(SC)CC1. The predicted molar refractivity (Wildman–Crippen MR) is 75.4 cm³/mol. The molecule has 0 bridgehead atoms. The van der Waals surface area contributed by atoms with Gasteiger partial charge in [-0.2, -0.15) is 5.26 Å². The third-order valence-electron chi connectivity index (χ3n) is 3.65. The van der Waals surface area contributed by atoms with E-state index in [1.54, 1.807) is 11.8 Å². The van der Waals surface area contributed by atoms with Crippen molar-refractivity contribution in [3.63, 3.8) is 0 Å². The Balaban J connectivity index is 2.36. The topological polar surface area (TPSA) is 56.1 Å². The first-order valence-corrected chi connectivity index (χ1v) is 7.76. The minimum Gasteiger partial charge on any atom is -0.353 e. The summed E-state index contributed by atoms with van der Waals surface area (Å²) in [6.07, 6.45) is 4.65. The van der Waals surface area contributed by atoms with Gasteiger partial charge in [-0.15, -0.1) is 11.8 Å². The van der Waals surface area contributed by atoms with Gasteiger partial charge in [0.15, 0.2) is 0 Å². The van der Waals surface area contributed by atoms with Crippen molar-refractivity contribution in [1.82, 2.24) is 10.2 Å². The quantitative estimate of drug-likeness (QED) is 0.824. The molecule has 1 amide bonds. The first kappa shape index (κ1) is 15.3. The molecule has 1 atom stereocenters. The summed E-state index contributed by atoms with van der Waals surface area (Å²) in [7, 11) is 0. The molecule has 0 aromatic rings. The number of likely N-dealkylation sites (tertiary alicyclic amines) is 1. The van der Waals surface area contributed by atoms with Crippen molar-refractivity contribution in [3.05, 3.63) is 0 Å². The van der Waals surface area contributed by atoms with E-state index in [4.69, 9.17) is 0 Å². The van der Waals surface area contributed by atoms with Crippen LogP contribution in [0, 0.1) is 11.3 Å². The summed E-state index contributed by atoms with van der Waals surface area (Å²) >= 11 is 1.64. The number of amides is 1. The summed E-state index contributed by atoms with van der Waals surface area (Å²) in [5.41, 5.74) is 0. The van der Waals surface area contributed by atoms with Crippen LogP contribution in [0.15, 0.2) is 0 Å². The molecule has 18 heavy (non-hydrogen) atoms. The maximum absolute atomic E-state index is 11.8. The number of rotatable bonds is 5. The molecule has 1 aliphatic heterocycles. The van der Waals surface area contributed by atoms with Gasteiger partial charge in [0, 0.05) is 19.1 Å². The average molecular weight is 269 g/mol. The lowest BCUT2D eigenvalue weighted by Crippen LogP contribution is -2.47. The zero-order chi connectivity index (χ0) is 13.6. The van der Waals surface area contributed by atoms with Crippen molar-refractivity contribution in [3.8, 4) is 6.07 Å². The van der Waals surface area contributed by atoms with Crippen LogP contribution in [0.2, 0.25) is 0 Å². The molecule has 0 aliphatic carbocycles. The third-order valence-corrected chi connectivity index (χ3v) is 4.93. The molecule has 4 nitrogen and oxygen atoms in total. The summed E-state index contributed by atoms with van der Waals surface area (Å²) in [5.74, 6) is 0.0953. The monoisotopic (exact) mass is 269 g/mol. The summed E-state index contributed by atoms with van der Waals surface area (Å²) in [6, 6.07) is 2.66. The molecule has 5 heteroatoms. The summed E-state index contributed by atoms with van der Waals surface area (Å²) < 4.78 is -0.232. The number of carbonyl (C=O) groups is 1. The Labute approximate surface area is 114 Å². The van der Waals surface area contributed by atoms with Crippen LogP contribution in [-0.2, 0) is 4.79 Å². The molecule has 1 unspecified atom stereocenters. The molecule has 1 fully saturated rings. The van der Waals surface area contributed by atoms with E-state index >= 15 is 0 Å². The van der Waals surface area contributed by atoms with Crippen LogP contribution in [0.1, 0.15) is 33.1 Å². The molecular weight excluding hydrogens is 246 g/mol. The Kier molecular flexibility index (Phi) is 5.97. The largest absolute Gasteiger partial charge is 0.353 e. The highest BCUT2D eigenvalue weighted by molar-refractivity contribution is 8.00.